The van der Waals surface area contributed by atoms with Gasteiger partial charge in [-0.3, -0.25) is 0 Å². The quantitative estimate of drug-likeness (QED) is 0.689. The number of halogens is 2. The van der Waals surface area contributed by atoms with E-state index in [0.717, 1.165) is 31.4 Å². The molecule has 0 aromatic heterocycles. The lowest BCUT2D eigenvalue weighted by molar-refractivity contribution is -0.0550. The predicted octanol–water partition coefficient (Wildman–Crippen LogP) is 4.70. The van der Waals surface area contributed by atoms with Crippen LogP contribution in [0.1, 0.15) is 46.1 Å². The van der Waals surface area contributed by atoms with Crippen LogP contribution in [0.2, 0.25) is 0 Å². The van der Waals surface area contributed by atoms with Gasteiger partial charge in [-0.15, -0.1) is 0 Å². The number of rotatable bonds is 9. The highest BCUT2D eigenvalue weighted by molar-refractivity contribution is 9.10. The summed E-state index contributed by atoms with van der Waals surface area (Å²) >= 11 is 3.36. The zero-order valence-electron chi connectivity index (χ0n) is 13.5. The highest BCUT2D eigenvalue weighted by Crippen LogP contribution is 2.27. The number of benzene rings is 1. The van der Waals surface area contributed by atoms with E-state index in [0.29, 0.717) is 11.1 Å². The van der Waals surface area contributed by atoms with Gasteiger partial charge in [0.25, 0.3) is 0 Å². The average molecular weight is 360 g/mol. The summed E-state index contributed by atoms with van der Waals surface area (Å²) in [6.45, 7) is 10.0. The molecular formula is C17H27BrFNO. The molecule has 1 aromatic carbocycles. The van der Waals surface area contributed by atoms with Crippen LogP contribution in [0.3, 0.4) is 0 Å². The summed E-state index contributed by atoms with van der Waals surface area (Å²) in [5, 5.41) is 3.57. The summed E-state index contributed by atoms with van der Waals surface area (Å²) in [6, 6.07) is 5.36. The summed E-state index contributed by atoms with van der Waals surface area (Å²) in [4.78, 5) is 0. The second-order valence-corrected chi connectivity index (χ2v) is 6.32. The van der Waals surface area contributed by atoms with Gasteiger partial charge in [0.1, 0.15) is 5.82 Å². The van der Waals surface area contributed by atoms with Crippen LogP contribution in [0.5, 0.6) is 0 Å². The van der Waals surface area contributed by atoms with E-state index in [1.807, 2.05) is 13.0 Å². The van der Waals surface area contributed by atoms with Crippen molar-refractivity contribution in [3.8, 4) is 0 Å². The van der Waals surface area contributed by atoms with E-state index in [1.54, 1.807) is 6.07 Å². The van der Waals surface area contributed by atoms with Gasteiger partial charge in [-0.25, -0.2) is 4.39 Å². The Kier molecular flexibility index (Phi) is 7.85. The molecule has 0 aliphatic carbocycles. The van der Waals surface area contributed by atoms with Crippen molar-refractivity contribution in [2.24, 2.45) is 0 Å². The van der Waals surface area contributed by atoms with E-state index >= 15 is 0 Å². The number of nitrogens with one attached hydrogen (secondary N) is 1. The Morgan fingerprint density at radius 1 is 1.33 bits per heavy atom. The van der Waals surface area contributed by atoms with Gasteiger partial charge in [0.15, 0.2) is 0 Å². The summed E-state index contributed by atoms with van der Waals surface area (Å²) in [5.74, 6) is -0.212. The molecule has 0 aliphatic rings. The third-order valence-electron chi connectivity index (χ3n) is 4.01. The molecule has 0 spiro atoms. The maximum atomic E-state index is 13.7. The number of hydrogen-bond acceptors (Lipinski definition) is 2. The van der Waals surface area contributed by atoms with Gasteiger partial charge in [-0.1, -0.05) is 26.0 Å². The average Bonchev–Trinajstić information content (AvgIpc) is 2.47. The fraction of sp³-hybridized carbons (Fsp3) is 0.647. The fourth-order valence-corrected chi connectivity index (χ4v) is 2.95. The normalized spacial score (nSPS) is 15.7. The van der Waals surface area contributed by atoms with E-state index in [-0.39, 0.29) is 17.5 Å². The molecule has 0 saturated carbocycles. The van der Waals surface area contributed by atoms with Crippen LogP contribution in [-0.2, 0) is 11.2 Å². The molecule has 1 aromatic rings. The van der Waals surface area contributed by atoms with Crippen LogP contribution in [0.25, 0.3) is 0 Å². The standard InChI is InChI=1S/C17H27BrFNO/c1-5-11-20-15(17(4,6-2)21-7-3)12-13-9-8-10-14(19)16(13)18/h8-10,15,20H,5-7,11-12H2,1-4H3. The largest absolute Gasteiger partial charge is 0.374 e. The van der Waals surface area contributed by atoms with Crippen molar-refractivity contribution >= 4 is 15.9 Å². The molecule has 1 N–H and O–H groups in total. The molecular weight excluding hydrogens is 333 g/mol. The maximum absolute atomic E-state index is 13.7. The summed E-state index contributed by atoms with van der Waals surface area (Å²) in [5.41, 5.74) is 0.721. The summed E-state index contributed by atoms with van der Waals surface area (Å²) < 4.78 is 20.3. The minimum atomic E-state index is -0.254. The second kappa shape index (κ2) is 8.86. The highest BCUT2D eigenvalue weighted by Gasteiger charge is 2.33. The fourth-order valence-electron chi connectivity index (χ4n) is 2.53. The van der Waals surface area contributed by atoms with Crippen LogP contribution < -0.4 is 5.32 Å². The molecule has 2 nitrogen and oxygen atoms in total. The Hall–Kier alpha value is -0.450. The van der Waals surface area contributed by atoms with Gasteiger partial charge in [-0.05, 0) is 67.2 Å². The molecule has 21 heavy (non-hydrogen) atoms. The molecule has 0 radical (unpaired) electrons. The van der Waals surface area contributed by atoms with E-state index < -0.39 is 0 Å². The zero-order valence-corrected chi connectivity index (χ0v) is 15.1. The van der Waals surface area contributed by atoms with Crippen LogP contribution in [-0.4, -0.2) is 24.8 Å². The van der Waals surface area contributed by atoms with Gasteiger partial charge in [-0.2, -0.15) is 0 Å². The minimum absolute atomic E-state index is 0.153. The topological polar surface area (TPSA) is 21.3 Å². The van der Waals surface area contributed by atoms with E-state index in [9.17, 15) is 4.39 Å². The Morgan fingerprint density at radius 2 is 2.05 bits per heavy atom. The van der Waals surface area contributed by atoms with Crippen molar-refractivity contribution in [3.63, 3.8) is 0 Å². The lowest BCUT2D eigenvalue weighted by Gasteiger charge is -2.38. The zero-order chi connectivity index (χ0) is 15.9. The van der Waals surface area contributed by atoms with Crippen LogP contribution in [0, 0.1) is 5.82 Å². The lowest BCUT2D eigenvalue weighted by atomic mass is 9.88. The van der Waals surface area contributed by atoms with E-state index in [2.05, 4.69) is 42.0 Å². The minimum Gasteiger partial charge on any atom is -0.374 e. The van der Waals surface area contributed by atoms with Crippen molar-refractivity contribution < 1.29 is 9.13 Å². The molecule has 120 valence electrons. The Morgan fingerprint density at radius 3 is 2.62 bits per heavy atom. The van der Waals surface area contributed by atoms with Crippen molar-refractivity contribution in [2.45, 2.75) is 58.6 Å². The SMILES string of the molecule is CCCNC(Cc1cccc(F)c1Br)C(C)(CC)OCC. The first-order valence-electron chi connectivity index (χ1n) is 7.78. The Balaban J connectivity index is 2.99. The molecule has 0 heterocycles. The molecule has 0 fully saturated rings. The summed E-state index contributed by atoms with van der Waals surface area (Å²) in [6.07, 6.45) is 2.71. The highest BCUT2D eigenvalue weighted by atomic mass is 79.9. The first kappa shape index (κ1) is 18.6. The van der Waals surface area contributed by atoms with Gasteiger partial charge in [0, 0.05) is 12.6 Å². The molecule has 2 atom stereocenters. The van der Waals surface area contributed by atoms with Gasteiger partial charge in [0.05, 0.1) is 10.1 Å². The molecule has 0 aliphatic heterocycles. The lowest BCUT2D eigenvalue weighted by Crippen LogP contribution is -2.52. The van der Waals surface area contributed by atoms with E-state index in [4.69, 9.17) is 4.74 Å². The molecule has 4 heteroatoms. The molecule has 1 rings (SSSR count). The number of hydrogen-bond donors (Lipinski definition) is 1. The van der Waals surface area contributed by atoms with Gasteiger partial charge >= 0.3 is 0 Å². The third kappa shape index (κ3) is 5.04. The third-order valence-corrected chi connectivity index (χ3v) is 4.90. The first-order chi connectivity index (χ1) is 9.98. The molecule has 0 saturated heterocycles. The second-order valence-electron chi connectivity index (χ2n) is 5.52. The van der Waals surface area contributed by atoms with Gasteiger partial charge < -0.3 is 10.1 Å². The molecule has 0 amide bonds. The predicted molar refractivity (Wildman–Crippen MR) is 90.2 cm³/mol. The van der Waals surface area contributed by atoms with Crippen molar-refractivity contribution in [1.82, 2.24) is 5.32 Å². The van der Waals surface area contributed by atoms with Crippen LogP contribution >= 0.6 is 15.9 Å². The van der Waals surface area contributed by atoms with Crippen molar-refractivity contribution in [2.75, 3.05) is 13.2 Å². The molecule has 0 bridgehead atoms. The summed E-state index contributed by atoms with van der Waals surface area (Å²) in [7, 11) is 0. The smallest absolute Gasteiger partial charge is 0.137 e. The number of ether oxygens (including phenoxy) is 1. The maximum Gasteiger partial charge on any atom is 0.137 e. The van der Waals surface area contributed by atoms with Crippen LogP contribution in [0.15, 0.2) is 22.7 Å². The molecule has 2 unspecified atom stereocenters. The Labute approximate surface area is 136 Å². The first-order valence-corrected chi connectivity index (χ1v) is 8.58. The van der Waals surface area contributed by atoms with Crippen molar-refractivity contribution in [1.29, 1.82) is 0 Å². The Bertz CT molecular complexity index is 441. The van der Waals surface area contributed by atoms with E-state index in [1.165, 1.54) is 6.07 Å². The monoisotopic (exact) mass is 359 g/mol. The van der Waals surface area contributed by atoms with Crippen LogP contribution in [0.4, 0.5) is 4.39 Å². The van der Waals surface area contributed by atoms with Crippen molar-refractivity contribution in [3.05, 3.63) is 34.1 Å². The van der Waals surface area contributed by atoms with Gasteiger partial charge in [0.2, 0.25) is 0 Å².